The van der Waals surface area contributed by atoms with Crippen molar-refractivity contribution in [2.24, 2.45) is 11.7 Å². The van der Waals surface area contributed by atoms with Crippen LogP contribution in [-0.4, -0.2) is 22.1 Å². The van der Waals surface area contributed by atoms with Gasteiger partial charge in [0.2, 0.25) is 5.91 Å². The second-order valence-corrected chi connectivity index (χ2v) is 5.30. The van der Waals surface area contributed by atoms with Gasteiger partial charge in [0.25, 0.3) is 0 Å². The number of aromatic nitrogens is 2. The van der Waals surface area contributed by atoms with E-state index in [4.69, 9.17) is 5.73 Å². The van der Waals surface area contributed by atoms with Crippen molar-refractivity contribution in [2.45, 2.75) is 32.9 Å². The number of nitrogens with zero attached hydrogens (tertiary/aromatic N) is 1. The Hall–Kier alpha value is -2.14. The summed E-state index contributed by atoms with van der Waals surface area (Å²) < 4.78 is 0. The molecule has 21 heavy (non-hydrogen) atoms. The third kappa shape index (κ3) is 3.92. The Bertz CT molecular complexity index is 562. The van der Waals surface area contributed by atoms with Gasteiger partial charge in [0.1, 0.15) is 0 Å². The number of nitrogens with one attached hydrogen (secondary N) is 2. The van der Waals surface area contributed by atoms with E-state index in [9.17, 15) is 4.79 Å². The van der Waals surface area contributed by atoms with Crippen LogP contribution in [0.25, 0.3) is 11.3 Å². The molecule has 1 aromatic carbocycles. The van der Waals surface area contributed by atoms with Gasteiger partial charge >= 0.3 is 0 Å². The van der Waals surface area contributed by atoms with Crippen LogP contribution in [0.3, 0.4) is 0 Å². The molecule has 1 amide bonds. The first kappa shape index (κ1) is 15.3. The number of carbonyl (C=O) groups is 1. The zero-order chi connectivity index (χ0) is 15.2. The third-order valence-electron chi connectivity index (χ3n) is 3.79. The van der Waals surface area contributed by atoms with Gasteiger partial charge < -0.3 is 11.1 Å². The topological polar surface area (TPSA) is 83.8 Å². The van der Waals surface area contributed by atoms with E-state index in [0.717, 1.165) is 23.2 Å². The molecule has 2 atom stereocenters. The molecule has 1 aromatic heterocycles. The van der Waals surface area contributed by atoms with E-state index in [0.29, 0.717) is 6.54 Å². The molecule has 0 spiro atoms. The lowest BCUT2D eigenvalue weighted by atomic mass is 9.99. The van der Waals surface area contributed by atoms with Crippen LogP contribution in [-0.2, 0) is 11.3 Å². The van der Waals surface area contributed by atoms with Crippen LogP contribution >= 0.6 is 0 Å². The fourth-order valence-electron chi connectivity index (χ4n) is 2.04. The van der Waals surface area contributed by atoms with Crippen molar-refractivity contribution in [3.63, 3.8) is 0 Å². The average Bonchev–Trinajstić information content (AvgIpc) is 3.06. The van der Waals surface area contributed by atoms with E-state index >= 15 is 0 Å². The number of aromatic amines is 1. The summed E-state index contributed by atoms with van der Waals surface area (Å²) in [6, 6.07) is 9.46. The third-order valence-corrected chi connectivity index (χ3v) is 3.79. The molecule has 0 bridgehead atoms. The van der Waals surface area contributed by atoms with Crippen molar-refractivity contribution in [3.05, 3.63) is 42.1 Å². The molecular weight excluding hydrogens is 264 g/mol. The monoisotopic (exact) mass is 286 g/mol. The number of amides is 1. The molecule has 0 aliphatic rings. The van der Waals surface area contributed by atoms with Crippen LogP contribution < -0.4 is 11.1 Å². The standard InChI is InChI=1S/C16H22N4O/c1-3-11(2)15(17)16(21)18-10-12-4-6-13(7-5-12)14-8-9-19-20-14/h4-9,11,15H,3,10,17H2,1-2H3,(H,18,21)(H,19,20)/t11?,15-/m0/s1. The molecule has 1 heterocycles. The Morgan fingerprint density at radius 3 is 2.62 bits per heavy atom. The number of hydrogen-bond acceptors (Lipinski definition) is 3. The Kier molecular flexibility index (Phi) is 5.11. The van der Waals surface area contributed by atoms with E-state index in [-0.39, 0.29) is 11.8 Å². The molecule has 0 radical (unpaired) electrons. The summed E-state index contributed by atoms with van der Waals surface area (Å²) in [6.45, 7) is 4.52. The van der Waals surface area contributed by atoms with E-state index < -0.39 is 6.04 Å². The van der Waals surface area contributed by atoms with Gasteiger partial charge in [-0.2, -0.15) is 5.10 Å². The molecule has 0 fully saturated rings. The second kappa shape index (κ2) is 7.04. The summed E-state index contributed by atoms with van der Waals surface area (Å²) in [5, 5.41) is 9.73. The summed E-state index contributed by atoms with van der Waals surface area (Å²) >= 11 is 0. The van der Waals surface area contributed by atoms with Crippen molar-refractivity contribution < 1.29 is 4.79 Å². The largest absolute Gasteiger partial charge is 0.351 e. The molecule has 0 aliphatic heterocycles. The summed E-state index contributed by atoms with van der Waals surface area (Å²) in [6.07, 6.45) is 2.62. The Morgan fingerprint density at radius 2 is 2.05 bits per heavy atom. The number of rotatable bonds is 6. The van der Waals surface area contributed by atoms with E-state index in [2.05, 4.69) is 15.5 Å². The quantitative estimate of drug-likeness (QED) is 0.760. The lowest BCUT2D eigenvalue weighted by Gasteiger charge is -2.17. The van der Waals surface area contributed by atoms with Crippen LogP contribution in [0.4, 0.5) is 0 Å². The molecule has 0 saturated carbocycles. The zero-order valence-corrected chi connectivity index (χ0v) is 12.5. The lowest BCUT2D eigenvalue weighted by molar-refractivity contribution is -0.123. The molecular formula is C16H22N4O. The van der Waals surface area contributed by atoms with Gasteiger partial charge in [-0.1, -0.05) is 44.5 Å². The molecule has 0 aliphatic carbocycles. The summed E-state index contributed by atoms with van der Waals surface area (Å²) in [5.41, 5.74) is 8.99. The number of nitrogens with two attached hydrogens (primary N) is 1. The van der Waals surface area contributed by atoms with E-state index in [1.807, 2.05) is 44.2 Å². The highest BCUT2D eigenvalue weighted by molar-refractivity contribution is 5.81. The van der Waals surface area contributed by atoms with Crippen molar-refractivity contribution in [1.82, 2.24) is 15.5 Å². The fourth-order valence-corrected chi connectivity index (χ4v) is 2.04. The maximum atomic E-state index is 11.9. The molecule has 1 unspecified atom stereocenters. The first-order chi connectivity index (χ1) is 10.1. The number of benzene rings is 1. The maximum Gasteiger partial charge on any atom is 0.237 e. The van der Waals surface area contributed by atoms with Gasteiger partial charge in [0, 0.05) is 12.7 Å². The number of hydrogen-bond donors (Lipinski definition) is 3. The zero-order valence-electron chi connectivity index (χ0n) is 12.5. The van der Waals surface area contributed by atoms with Crippen LogP contribution in [0.2, 0.25) is 0 Å². The van der Waals surface area contributed by atoms with Crippen molar-refractivity contribution in [1.29, 1.82) is 0 Å². The number of carbonyl (C=O) groups excluding carboxylic acids is 1. The minimum atomic E-state index is -0.445. The van der Waals surface area contributed by atoms with Gasteiger partial charge in [-0.25, -0.2) is 0 Å². The minimum Gasteiger partial charge on any atom is -0.351 e. The van der Waals surface area contributed by atoms with Crippen LogP contribution in [0, 0.1) is 5.92 Å². The number of H-pyrrole nitrogens is 1. The lowest BCUT2D eigenvalue weighted by Crippen LogP contribution is -2.44. The van der Waals surface area contributed by atoms with Gasteiger partial charge in [0.15, 0.2) is 0 Å². The summed E-state index contributed by atoms with van der Waals surface area (Å²) in [7, 11) is 0. The van der Waals surface area contributed by atoms with Gasteiger partial charge in [-0.15, -0.1) is 0 Å². The second-order valence-electron chi connectivity index (χ2n) is 5.30. The average molecular weight is 286 g/mol. The van der Waals surface area contributed by atoms with E-state index in [1.165, 1.54) is 0 Å². The highest BCUT2D eigenvalue weighted by Crippen LogP contribution is 2.16. The first-order valence-corrected chi connectivity index (χ1v) is 7.23. The predicted octanol–water partition coefficient (Wildman–Crippen LogP) is 2.07. The van der Waals surface area contributed by atoms with Gasteiger partial charge in [-0.05, 0) is 23.1 Å². The summed E-state index contributed by atoms with van der Waals surface area (Å²) in [4.78, 5) is 11.9. The normalized spacial score (nSPS) is 13.7. The molecule has 0 saturated heterocycles. The molecule has 2 aromatic rings. The van der Waals surface area contributed by atoms with Crippen LogP contribution in [0.1, 0.15) is 25.8 Å². The molecule has 112 valence electrons. The SMILES string of the molecule is CCC(C)[C@H](N)C(=O)NCc1ccc(-c2ccn[nH]2)cc1. The summed E-state index contributed by atoms with van der Waals surface area (Å²) in [5.74, 6) is 0.0924. The predicted molar refractivity (Wildman–Crippen MR) is 83.3 cm³/mol. The van der Waals surface area contributed by atoms with Gasteiger partial charge in [-0.3, -0.25) is 9.89 Å². The maximum absolute atomic E-state index is 11.9. The molecule has 5 heteroatoms. The Morgan fingerprint density at radius 1 is 1.33 bits per heavy atom. The van der Waals surface area contributed by atoms with Crippen LogP contribution in [0.5, 0.6) is 0 Å². The molecule has 4 N–H and O–H groups in total. The van der Waals surface area contributed by atoms with Gasteiger partial charge in [0.05, 0.1) is 11.7 Å². The van der Waals surface area contributed by atoms with Crippen molar-refractivity contribution >= 4 is 5.91 Å². The molecule has 2 rings (SSSR count). The highest BCUT2D eigenvalue weighted by atomic mass is 16.2. The first-order valence-electron chi connectivity index (χ1n) is 7.23. The minimum absolute atomic E-state index is 0.0954. The highest BCUT2D eigenvalue weighted by Gasteiger charge is 2.18. The Labute approximate surface area is 124 Å². The Balaban J connectivity index is 1.91. The van der Waals surface area contributed by atoms with E-state index in [1.54, 1.807) is 6.20 Å². The van der Waals surface area contributed by atoms with Crippen molar-refractivity contribution in [3.8, 4) is 11.3 Å². The van der Waals surface area contributed by atoms with Crippen molar-refractivity contribution in [2.75, 3.05) is 0 Å². The fraction of sp³-hybridized carbons (Fsp3) is 0.375. The molecule has 5 nitrogen and oxygen atoms in total. The van der Waals surface area contributed by atoms with Crippen LogP contribution in [0.15, 0.2) is 36.5 Å². The smallest absolute Gasteiger partial charge is 0.237 e.